The Balaban J connectivity index is 1.67. The van der Waals surface area contributed by atoms with Gasteiger partial charge in [-0.05, 0) is 62.9 Å². The average molecular weight is 578 g/mol. The summed E-state index contributed by atoms with van der Waals surface area (Å²) in [6.07, 6.45) is 4.51. The molecule has 4 rings (SSSR count). The number of rotatable bonds is 13. The number of carbonyl (C=O) groups is 2. The highest BCUT2D eigenvalue weighted by Gasteiger charge is 2.34. The van der Waals surface area contributed by atoms with Crippen molar-refractivity contribution in [2.24, 2.45) is 0 Å². The molecule has 1 saturated carbocycles. The van der Waals surface area contributed by atoms with Crippen LogP contribution in [0.4, 0.5) is 5.69 Å². The van der Waals surface area contributed by atoms with Gasteiger partial charge in [-0.1, -0.05) is 73.5 Å². The third-order valence-electron chi connectivity index (χ3n) is 7.40. The summed E-state index contributed by atoms with van der Waals surface area (Å²) in [7, 11) is -4.15. The number of nitrogens with zero attached hydrogens (tertiary/aromatic N) is 2. The molecule has 1 N–H and O–H groups in total. The summed E-state index contributed by atoms with van der Waals surface area (Å²) in [5, 5.41) is 3.09. The summed E-state index contributed by atoms with van der Waals surface area (Å²) in [6, 6.07) is 23.8. The van der Waals surface area contributed by atoms with Gasteiger partial charge in [-0.15, -0.1) is 0 Å². The maximum absolute atomic E-state index is 14.1. The summed E-state index contributed by atoms with van der Waals surface area (Å²) in [6.45, 7) is 3.61. The number of anilines is 1. The maximum Gasteiger partial charge on any atom is 0.264 e. The van der Waals surface area contributed by atoms with Crippen molar-refractivity contribution in [1.29, 1.82) is 0 Å². The quantitative estimate of drug-likeness (QED) is 0.315. The van der Waals surface area contributed by atoms with E-state index in [-0.39, 0.29) is 29.1 Å². The minimum atomic E-state index is -4.15. The van der Waals surface area contributed by atoms with E-state index in [1.54, 1.807) is 49.4 Å². The monoisotopic (exact) mass is 577 g/mol. The molecular formula is C32H39N3O5S. The lowest BCUT2D eigenvalue weighted by Gasteiger charge is -2.33. The SMILES string of the molecule is CCOc1ccccc1N(CC(=O)N(CCc1ccccc1)[C@H](C)C(=O)NC1CCCC1)S(=O)(=O)c1ccccc1. The van der Waals surface area contributed by atoms with Crippen LogP contribution in [0.2, 0.25) is 0 Å². The first kappa shape index (κ1) is 30.1. The van der Waals surface area contributed by atoms with Gasteiger partial charge < -0.3 is 15.0 Å². The van der Waals surface area contributed by atoms with Crippen LogP contribution in [0.1, 0.15) is 45.1 Å². The fraction of sp³-hybridized carbons (Fsp3) is 0.375. The van der Waals surface area contributed by atoms with Crippen LogP contribution >= 0.6 is 0 Å². The van der Waals surface area contributed by atoms with Gasteiger partial charge >= 0.3 is 0 Å². The van der Waals surface area contributed by atoms with Crippen molar-refractivity contribution in [2.45, 2.75) is 62.9 Å². The molecule has 0 radical (unpaired) electrons. The molecule has 0 aliphatic heterocycles. The van der Waals surface area contributed by atoms with Crippen molar-refractivity contribution in [3.05, 3.63) is 90.5 Å². The van der Waals surface area contributed by atoms with E-state index in [4.69, 9.17) is 4.74 Å². The van der Waals surface area contributed by atoms with Gasteiger partial charge in [-0.2, -0.15) is 0 Å². The van der Waals surface area contributed by atoms with Crippen LogP contribution in [0.5, 0.6) is 5.75 Å². The number of sulfonamides is 1. The zero-order chi connectivity index (χ0) is 29.2. The molecule has 2 amide bonds. The van der Waals surface area contributed by atoms with Crippen molar-refractivity contribution >= 4 is 27.5 Å². The standard InChI is InChI=1S/C32H39N3O5S/c1-3-40-30-21-13-12-20-29(30)35(41(38,39)28-18-8-5-9-19-28)24-31(36)34(23-22-26-14-6-4-7-15-26)25(2)32(37)33-27-16-10-11-17-27/h4-9,12-15,18-21,25,27H,3,10-11,16-17,22-24H2,1-2H3,(H,33,37)/t25-/m1/s1. The molecule has 41 heavy (non-hydrogen) atoms. The fourth-order valence-corrected chi connectivity index (χ4v) is 6.58. The van der Waals surface area contributed by atoms with E-state index in [0.717, 1.165) is 35.6 Å². The number of hydrogen-bond acceptors (Lipinski definition) is 5. The molecule has 218 valence electrons. The Kier molecular flexibility index (Phi) is 10.4. The maximum atomic E-state index is 14.1. The van der Waals surface area contributed by atoms with Crippen LogP contribution in [0, 0.1) is 0 Å². The molecule has 3 aromatic carbocycles. The fourth-order valence-electron chi connectivity index (χ4n) is 5.14. The second kappa shape index (κ2) is 14.2. The van der Waals surface area contributed by atoms with E-state index in [1.165, 1.54) is 17.0 Å². The van der Waals surface area contributed by atoms with E-state index in [1.807, 2.05) is 37.3 Å². The van der Waals surface area contributed by atoms with Gasteiger partial charge in [-0.25, -0.2) is 8.42 Å². The highest BCUT2D eigenvalue weighted by Crippen LogP contribution is 2.32. The number of carbonyl (C=O) groups excluding carboxylic acids is 2. The Morgan fingerprint density at radius 2 is 1.54 bits per heavy atom. The smallest absolute Gasteiger partial charge is 0.264 e. The van der Waals surface area contributed by atoms with Gasteiger partial charge in [0.2, 0.25) is 11.8 Å². The number of ether oxygens (including phenoxy) is 1. The van der Waals surface area contributed by atoms with E-state index in [2.05, 4.69) is 5.32 Å². The van der Waals surface area contributed by atoms with Gasteiger partial charge in [0.25, 0.3) is 10.0 Å². The van der Waals surface area contributed by atoms with Gasteiger partial charge in [0.05, 0.1) is 17.2 Å². The molecule has 8 nitrogen and oxygen atoms in total. The van der Waals surface area contributed by atoms with E-state index in [9.17, 15) is 18.0 Å². The molecule has 0 unspecified atom stereocenters. The number of hydrogen-bond donors (Lipinski definition) is 1. The predicted octanol–water partition coefficient (Wildman–Crippen LogP) is 4.80. The normalized spacial score (nSPS) is 14.3. The Hall–Kier alpha value is -3.85. The zero-order valence-corrected chi connectivity index (χ0v) is 24.6. The third kappa shape index (κ3) is 7.67. The molecule has 0 heterocycles. The largest absolute Gasteiger partial charge is 0.492 e. The van der Waals surface area contributed by atoms with Crippen molar-refractivity contribution in [2.75, 3.05) is 24.0 Å². The molecule has 1 fully saturated rings. The first-order valence-electron chi connectivity index (χ1n) is 14.2. The second-order valence-corrected chi connectivity index (χ2v) is 12.1. The van der Waals surface area contributed by atoms with Gasteiger partial charge in [0.15, 0.2) is 0 Å². The van der Waals surface area contributed by atoms with Crippen LogP contribution in [-0.4, -0.2) is 56.9 Å². The number of benzene rings is 3. The molecule has 0 aromatic heterocycles. The van der Waals surface area contributed by atoms with Crippen LogP contribution in [0.15, 0.2) is 89.8 Å². The summed E-state index contributed by atoms with van der Waals surface area (Å²) >= 11 is 0. The van der Waals surface area contributed by atoms with E-state index in [0.29, 0.717) is 18.8 Å². The highest BCUT2D eigenvalue weighted by molar-refractivity contribution is 7.92. The predicted molar refractivity (Wildman–Crippen MR) is 160 cm³/mol. The average Bonchev–Trinajstić information content (AvgIpc) is 3.50. The zero-order valence-electron chi connectivity index (χ0n) is 23.7. The van der Waals surface area contributed by atoms with Gasteiger partial charge in [0.1, 0.15) is 18.3 Å². The van der Waals surface area contributed by atoms with Crippen LogP contribution in [0.3, 0.4) is 0 Å². The van der Waals surface area contributed by atoms with Crippen molar-refractivity contribution in [3.8, 4) is 5.75 Å². The molecule has 9 heteroatoms. The first-order valence-corrected chi connectivity index (χ1v) is 15.7. The van der Waals surface area contributed by atoms with Gasteiger partial charge in [0, 0.05) is 12.6 Å². The molecule has 0 saturated heterocycles. The van der Waals surface area contributed by atoms with Crippen molar-refractivity contribution in [1.82, 2.24) is 10.2 Å². The highest BCUT2D eigenvalue weighted by atomic mass is 32.2. The molecule has 0 bridgehead atoms. The number of amides is 2. The molecule has 1 atom stereocenters. The van der Waals surface area contributed by atoms with Crippen molar-refractivity contribution < 1.29 is 22.7 Å². The topological polar surface area (TPSA) is 96.0 Å². The Labute approximate surface area is 243 Å². The van der Waals surface area contributed by atoms with Crippen molar-refractivity contribution in [3.63, 3.8) is 0 Å². The summed E-state index contributed by atoms with van der Waals surface area (Å²) in [5.74, 6) is -0.350. The van der Waals surface area contributed by atoms with E-state index >= 15 is 0 Å². The summed E-state index contributed by atoms with van der Waals surface area (Å²) in [4.78, 5) is 28.9. The number of para-hydroxylation sites is 2. The third-order valence-corrected chi connectivity index (χ3v) is 9.17. The molecule has 0 spiro atoms. The minimum absolute atomic E-state index is 0.0574. The molecule has 3 aromatic rings. The van der Waals surface area contributed by atoms with Crippen LogP contribution in [0.25, 0.3) is 0 Å². The Morgan fingerprint density at radius 3 is 2.20 bits per heavy atom. The summed E-state index contributed by atoms with van der Waals surface area (Å²) in [5.41, 5.74) is 1.28. The van der Waals surface area contributed by atoms with Crippen LogP contribution in [-0.2, 0) is 26.0 Å². The molecular weight excluding hydrogens is 538 g/mol. The lowest BCUT2D eigenvalue weighted by atomic mass is 10.1. The first-order chi connectivity index (χ1) is 19.8. The Bertz CT molecular complexity index is 1390. The van der Waals surface area contributed by atoms with Crippen LogP contribution < -0.4 is 14.4 Å². The molecule has 1 aliphatic rings. The number of nitrogens with one attached hydrogen (secondary N) is 1. The van der Waals surface area contributed by atoms with E-state index < -0.39 is 28.5 Å². The molecule has 1 aliphatic carbocycles. The lowest BCUT2D eigenvalue weighted by Crippen LogP contribution is -2.53. The Morgan fingerprint density at radius 1 is 0.927 bits per heavy atom. The summed E-state index contributed by atoms with van der Waals surface area (Å²) < 4.78 is 34.8. The second-order valence-electron chi connectivity index (χ2n) is 10.2. The minimum Gasteiger partial charge on any atom is -0.492 e. The van der Waals surface area contributed by atoms with Gasteiger partial charge in [-0.3, -0.25) is 13.9 Å². The lowest BCUT2D eigenvalue weighted by molar-refractivity contribution is -0.139.